The number of thiazole rings is 1. The van der Waals surface area contributed by atoms with Crippen LogP contribution in [0.1, 0.15) is 52.9 Å². The number of nitrogens with zero attached hydrogens (tertiary/aromatic N) is 2. The molecule has 0 aromatic carbocycles. The molecule has 6 heteroatoms. The molecule has 1 aliphatic rings. The van der Waals surface area contributed by atoms with E-state index in [0.717, 1.165) is 43.6 Å². The first kappa shape index (κ1) is 13.0. The predicted molar refractivity (Wildman–Crippen MR) is 68.0 cm³/mol. The van der Waals surface area contributed by atoms with Crippen molar-refractivity contribution >= 4 is 23.2 Å². The van der Waals surface area contributed by atoms with Crippen LogP contribution in [0, 0.1) is 0 Å². The molecule has 1 N–H and O–H groups in total. The number of amides is 1. The molecule has 0 saturated heterocycles. The van der Waals surface area contributed by atoms with Gasteiger partial charge in [0.15, 0.2) is 10.7 Å². The van der Waals surface area contributed by atoms with Gasteiger partial charge in [-0.25, -0.2) is 9.78 Å². The monoisotopic (exact) mass is 268 g/mol. The molecule has 1 fully saturated rings. The van der Waals surface area contributed by atoms with Crippen LogP contribution in [-0.2, 0) is 0 Å². The van der Waals surface area contributed by atoms with Crippen molar-refractivity contribution in [3.05, 3.63) is 16.1 Å². The van der Waals surface area contributed by atoms with Gasteiger partial charge in [-0.15, -0.1) is 11.3 Å². The SMILES string of the molecule is CCCCN(C(=O)c1nc(C(=O)O)cs1)C1CC1. The number of carboxylic acids is 1. The zero-order valence-corrected chi connectivity index (χ0v) is 11.1. The number of carbonyl (C=O) groups is 2. The average molecular weight is 268 g/mol. The molecular formula is C12H16N2O3S. The van der Waals surface area contributed by atoms with Gasteiger partial charge in [-0.1, -0.05) is 13.3 Å². The normalized spacial score (nSPS) is 14.5. The van der Waals surface area contributed by atoms with Gasteiger partial charge in [-0.2, -0.15) is 0 Å². The Labute approximate surface area is 109 Å². The summed E-state index contributed by atoms with van der Waals surface area (Å²) in [5, 5.41) is 10.5. The minimum Gasteiger partial charge on any atom is -0.476 e. The standard InChI is InChI=1S/C12H16N2O3S/c1-2-3-6-14(8-4-5-8)11(15)10-13-9(7-18-10)12(16)17/h7-8H,2-6H2,1H3,(H,16,17). The number of aromatic nitrogens is 1. The fraction of sp³-hybridized carbons (Fsp3) is 0.583. The molecule has 2 rings (SSSR count). The highest BCUT2D eigenvalue weighted by Gasteiger charge is 2.33. The molecular weight excluding hydrogens is 252 g/mol. The highest BCUT2D eigenvalue weighted by molar-refractivity contribution is 7.11. The Morgan fingerprint density at radius 3 is 2.78 bits per heavy atom. The summed E-state index contributed by atoms with van der Waals surface area (Å²) in [5.41, 5.74) is -0.0467. The van der Waals surface area contributed by atoms with Crippen LogP contribution in [0.3, 0.4) is 0 Å². The molecule has 0 radical (unpaired) electrons. The minimum atomic E-state index is -1.09. The van der Waals surface area contributed by atoms with E-state index in [-0.39, 0.29) is 16.6 Å². The van der Waals surface area contributed by atoms with Crippen molar-refractivity contribution in [2.24, 2.45) is 0 Å². The topological polar surface area (TPSA) is 70.5 Å². The van der Waals surface area contributed by atoms with Crippen LogP contribution >= 0.6 is 11.3 Å². The van der Waals surface area contributed by atoms with Crippen molar-refractivity contribution in [2.45, 2.75) is 38.6 Å². The summed E-state index contributed by atoms with van der Waals surface area (Å²) in [6, 6.07) is 0.334. The van der Waals surface area contributed by atoms with Crippen LogP contribution in [0.2, 0.25) is 0 Å². The van der Waals surface area contributed by atoms with Gasteiger partial charge in [0.25, 0.3) is 5.91 Å². The molecule has 98 valence electrons. The summed E-state index contributed by atoms with van der Waals surface area (Å²) in [6.45, 7) is 2.82. The zero-order valence-electron chi connectivity index (χ0n) is 10.3. The summed E-state index contributed by atoms with van der Waals surface area (Å²) in [6.07, 6.45) is 4.10. The molecule has 1 saturated carbocycles. The highest BCUT2D eigenvalue weighted by Crippen LogP contribution is 2.29. The van der Waals surface area contributed by atoms with Crippen LogP contribution in [0.15, 0.2) is 5.38 Å². The summed E-state index contributed by atoms with van der Waals surface area (Å²) in [7, 11) is 0. The molecule has 1 aromatic rings. The van der Waals surface area contributed by atoms with Crippen molar-refractivity contribution in [3.63, 3.8) is 0 Å². The Balaban J connectivity index is 2.09. The van der Waals surface area contributed by atoms with E-state index in [1.165, 1.54) is 5.38 Å². The van der Waals surface area contributed by atoms with Crippen molar-refractivity contribution in [2.75, 3.05) is 6.54 Å². The molecule has 5 nitrogen and oxygen atoms in total. The number of carbonyl (C=O) groups excluding carboxylic acids is 1. The number of aromatic carboxylic acids is 1. The van der Waals surface area contributed by atoms with Crippen molar-refractivity contribution in [3.8, 4) is 0 Å². The lowest BCUT2D eigenvalue weighted by Gasteiger charge is -2.20. The third-order valence-corrected chi connectivity index (χ3v) is 3.74. The minimum absolute atomic E-state index is 0.0467. The molecule has 1 heterocycles. The second-order valence-corrected chi connectivity index (χ2v) is 5.28. The second-order valence-electron chi connectivity index (χ2n) is 4.43. The van der Waals surface area contributed by atoms with Crippen LogP contribution < -0.4 is 0 Å². The van der Waals surface area contributed by atoms with E-state index in [1.54, 1.807) is 0 Å². The van der Waals surface area contributed by atoms with Gasteiger partial charge in [0, 0.05) is 18.0 Å². The third-order valence-electron chi connectivity index (χ3n) is 2.91. The third kappa shape index (κ3) is 2.87. The lowest BCUT2D eigenvalue weighted by atomic mass is 10.3. The molecule has 0 spiro atoms. The number of unbranched alkanes of at least 4 members (excludes halogenated alkanes) is 1. The van der Waals surface area contributed by atoms with E-state index in [1.807, 2.05) is 4.90 Å². The average Bonchev–Trinajstić information content (AvgIpc) is 3.05. The molecule has 1 amide bonds. The zero-order chi connectivity index (χ0) is 13.1. The van der Waals surface area contributed by atoms with Crippen molar-refractivity contribution in [1.29, 1.82) is 0 Å². The molecule has 0 unspecified atom stereocenters. The van der Waals surface area contributed by atoms with Crippen LogP contribution in [0.25, 0.3) is 0 Å². The maximum absolute atomic E-state index is 12.2. The smallest absolute Gasteiger partial charge is 0.355 e. The first-order chi connectivity index (χ1) is 8.63. The number of hydrogen-bond acceptors (Lipinski definition) is 4. The van der Waals surface area contributed by atoms with E-state index in [2.05, 4.69) is 11.9 Å². The van der Waals surface area contributed by atoms with Gasteiger partial charge in [-0.3, -0.25) is 4.79 Å². The van der Waals surface area contributed by atoms with Gasteiger partial charge in [0.2, 0.25) is 0 Å². The summed E-state index contributed by atoms with van der Waals surface area (Å²) < 4.78 is 0. The maximum Gasteiger partial charge on any atom is 0.355 e. The first-order valence-electron chi connectivity index (χ1n) is 6.13. The molecule has 1 aliphatic carbocycles. The molecule has 0 bridgehead atoms. The molecule has 0 atom stereocenters. The quantitative estimate of drug-likeness (QED) is 0.859. The van der Waals surface area contributed by atoms with Crippen LogP contribution in [-0.4, -0.2) is 39.5 Å². The number of rotatable bonds is 6. The van der Waals surface area contributed by atoms with Crippen LogP contribution in [0.5, 0.6) is 0 Å². The molecule has 18 heavy (non-hydrogen) atoms. The summed E-state index contributed by atoms with van der Waals surface area (Å²) in [4.78, 5) is 28.7. The Morgan fingerprint density at radius 1 is 1.56 bits per heavy atom. The second kappa shape index (κ2) is 5.48. The predicted octanol–water partition coefficient (Wildman–Crippen LogP) is 2.25. The maximum atomic E-state index is 12.2. The number of hydrogen-bond donors (Lipinski definition) is 1. The van der Waals surface area contributed by atoms with E-state index in [4.69, 9.17) is 5.11 Å². The van der Waals surface area contributed by atoms with Gasteiger partial charge in [0.05, 0.1) is 0 Å². The Hall–Kier alpha value is -1.43. The van der Waals surface area contributed by atoms with Gasteiger partial charge in [0.1, 0.15) is 0 Å². The largest absolute Gasteiger partial charge is 0.476 e. The Bertz CT molecular complexity index is 454. The van der Waals surface area contributed by atoms with E-state index in [9.17, 15) is 9.59 Å². The Kier molecular flexibility index (Phi) is 3.96. The lowest BCUT2D eigenvalue weighted by Crippen LogP contribution is -2.34. The van der Waals surface area contributed by atoms with E-state index in [0.29, 0.717) is 6.04 Å². The van der Waals surface area contributed by atoms with Crippen molar-refractivity contribution < 1.29 is 14.7 Å². The summed E-state index contributed by atoms with van der Waals surface area (Å²) >= 11 is 1.11. The fourth-order valence-electron chi connectivity index (χ4n) is 1.76. The molecule has 0 aliphatic heterocycles. The van der Waals surface area contributed by atoms with E-state index >= 15 is 0 Å². The molecule has 1 aromatic heterocycles. The summed E-state index contributed by atoms with van der Waals surface area (Å²) in [5.74, 6) is -1.21. The van der Waals surface area contributed by atoms with Gasteiger partial charge in [-0.05, 0) is 19.3 Å². The number of carboxylic acid groups (broad SMARTS) is 1. The van der Waals surface area contributed by atoms with E-state index < -0.39 is 5.97 Å². The van der Waals surface area contributed by atoms with Gasteiger partial charge >= 0.3 is 5.97 Å². The Morgan fingerprint density at radius 2 is 2.28 bits per heavy atom. The fourth-order valence-corrected chi connectivity index (χ4v) is 2.50. The first-order valence-corrected chi connectivity index (χ1v) is 7.01. The van der Waals surface area contributed by atoms with Crippen LogP contribution in [0.4, 0.5) is 0 Å². The van der Waals surface area contributed by atoms with Gasteiger partial charge < -0.3 is 10.0 Å². The van der Waals surface area contributed by atoms with Crippen molar-refractivity contribution in [1.82, 2.24) is 9.88 Å². The highest BCUT2D eigenvalue weighted by atomic mass is 32.1. The lowest BCUT2D eigenvalue weighted by molar-refractivity contribution is 0.0691.